The van der Waals surface area contributed by atoms with Gasteiger partial charge in [0, 0.05) is 26.7 Å². The lowest BCUT2D eigenvalue weighted by molar-refractivity contribution is 0.437. The van der Waals surface area contributed by atoms with Crippen LogP contribution in [0.5, 0.6) is 0 Å². The van der Waals surface area contributed by atoms with Crippen molar-refractivity contribution in [1.82, 2.24) is 10.2 Å². The van der Waals surface area contributed by atoms with Gasteiger partial charge in [-0.1, -0.05) is 0 Å². The van der Waals surface area contributed by atoms with E-state index in [0.29, 0.717) is 6.04 Å². The number of nitrogens with one attached hydrogen (secondary N) is 1. The molecule has 1 atom stereocenters. The van der Waals surface area contributed by atoms with Crippen molar-refractivity contribution < 1.29 is 0 Å². The summed E-state index contributed by atoms with van der Waals surface area (Å²) in [6.07, 6.45) is 1.15. The minimum absolute atomic E-state index is 0.581. The van der Waals surface area contributed by atoms with Gasteiger partial charge in [0.25, 0.3) is 0 Å². The Bertz CT molecular complexity index is 143. The zero-order chi connectivity index (χ0) is 9.56. The van der Waals surface area contributed by atoms with E-state index >= 15 is 0 Å². The minimum atomic E-state index is 0.581. The summed E-state index contributed by atoms with van der Waals surface area (Å²) in [6.45, 7) is 5.28. The van der Waals surface area contributed by atoms with E-state index in [4.69, 9.17) is 0 Å². The highest BCUT2D eigenvalue weighted by Gasteiger charge is 2.02. The second kappa shape index (κ2) is 6.00. The summed E-state index contributed by atoms with van der Waals surface area (Å²) >= 11 is 0. The van der Waals surface area contributed by atoms with E-state index < -0.39 is 0 Å². The van der Waals surface area contributed by atoms with Crippen LogP contribution in [-0.2, 0) is 0 Å². The first-order valence-corrected chi connectivity index (χ1v) is 4.43. The van der Waals surface area contributed by atoms with Crippen LogP contribution in [0.25, 0.3) is 0 Å². The van der Waals surface area contributed by atoms with Crippen LogP contribution in [0.4, 0.5) is 0 Å². The lowest BCUT2D eigenvalue weighted by Crippen LogP contribution is -2.31. The van der Waals surface area contributed by atoms with Crippen LogP contribution in [0.2, 0.25) is 0 Å². The average molecular weight is 171 g/mol. The first-order valence-electron chi connectivity index (χ1n) is 4.43. The van der Waals surface area contributed by atoms with Crippen LogP contribution in [-0.4, -0.2) is 44.5 Å². The molecule has 0 unspecified atom stereocenters. The second-order valence-electron chi connectivity index (χ2n) is 3.17. The number of amidine groups is 1. The SMILES string of the molecule is CN=C(C)N(C)CC[C@@H](C)NC. The molecule has 3 nitrogen and oxygen atoms in total. The molecule has 0 saturated heterocycles. The lowest BCUT2D eigenvalue weighted by atomic mass is 10.2. The molecule has 0 aliphatic rings. The molecule has 0 rings (SSSR count). The van der Waals surface area contributed by atoms with Crippen molar-refractivity contribution in [2.24, 2.45) is 4.99 Å². The van der Waals surface area contributed by atoms with Gasteiger partial charge in [-0.25, -0.2) is 0 Å². The number of hydrogen-bond donors (Lipinski definition) is 1. The molecule has 0 heterocycles. The van der Waals surface area contributed by atoms with Crippen LogP contribution in [0.15, 0.2) is 4.99 Å². The summed E-state index contributed by atoms with van der Waals surface area (Å²) in [5.41, 5.74) is 0. The van der Waals surface area contributed by atoms with Crippen LogP contribution in [0.1, 0.15) is 20.3 Å². The highest BCUT2D eigenvalue weighted by atomic mass is 15.1. The third-order valence-corrected chi connectivity index (χ3v) is 2.27. The molecule has 0 aromatic heterocycles. The first-order chi connectivity index (χ1) is 5.61. The Morgan fingerprint density at radius 1 is 1.58 bits per heavy atom. The summed E-state index contributed by atoms with van der Waals surface area (Å²) in [5.74, 6) is 1.10. The highest BCUT2D eigenvalue weighted by Crippen LogP contribution is 1.94. The highest BCUT2D eigenvalue weighted by molar-refractivity contribution is 5.79. The lowest BCUT2D eigenvalue weighted by Gasteiger charge is -2.20. The number of rotatable bonds is 4. The van der Waals surface area contributed by atoms with Crippen molar-refractivity contribution in [2.75, 3.05) is 27.7 Å². The van der Waals surface area contributed by atoms with Crippen molar-refractivity contribution in [1.29, 1.82) is 0 Å². The normalized spacial score (nSPS) is 14.6. The Morgan fingerprint density at radius 3 is 2.58 bits per heavy atom. The molecule has 0 aromatic rings. The van der Waals surface area contributed by atoms with Gasteiger partial charge in [0.2, 0.25) is 0 Å². The Hall–Kier alpha value is -0.570. The molecule has 0 saturated carbocycles. The molecular formula is C9H21N3. The maximum Gasteiger partial charge on any atom is 0.0951 e. The fourth-order valence-corrected chi connectivity index (χ4v) is 0.864. The molecule has 0 bridgehead atoms. The van der Waals surface area contributed by atoms with Gasteiger partial charge in [-0.15, -0.1) is 0 Å². The van der Waals surface area contributed by atoms with Gasteiger partial charge in [-0.05, 0) is 27.3 Å². The van der Waals surface area contributed by atoms with Gasteiger partial charge in [0.15, 0.2) is 0 Å². The van der Waals surface area contributed by atoms with Crippen LogP contribution in [0.3, 0.4) is 0 Å². The molecule has 0 fully saturated rings. The Balaban J connectivity index is 3.64. The Morgan fingerprint density at radius 2 is 2.17 bits per heavy atom. The van der Waals surface area contributed by atoms with E-state index in [2.05, 4.69) is 29.2 Å². The smallest absolute Gasteiger partial charge is 0.0951 e. The molecule has 0 spiro atoms. The summed E-state index contributed by atoms with van der Waals surface area (Å²) in [7, 11) is 5.89. The Kier molecular flexibility index (Phi) is 5.72. The monoisotopic (exact) mass is 171 g/mol. The van der Waals surface area contributed by atoms with E-state index in [1.807, 2.05) is 21.0 Å². The predicted molar refractivity (Wildman–Crippen MR) is 54.8 cm³/mol. The van der Waals surface area contributed by atoms with Crippen LogP contribution in [0, 0.1) is 0 Å². The molecule has 72 valence electrons. The van der Waals surface area contributed by atoms with Gasteiger partial charge in [-0.2, -0.15) is 0 Å². The van der Waals surface area contributed by atoms with Gasteiger partial charge in [0.05, 0.1) is 5.84 Å². The fraction of sp³-hybridized carbons (Fsp3) is 0.889. The summed E-state index contributed by atoms with van der Waals surface area (Å²) < 4.78 is 0. The van der Waals surface area contributed by atoms with Crippen LogP contribution < -0.4 is 5.32 Å². The standard InChI is InChI=1S/C9H21N3/c1-8(10-3)6-7-12(5)9(2)11-4/h8,10H,6-7H2,1-5H3/t8-/m1/s1. The van der Waals surface area contributed by atoms with Gasteiger partial charge in [0.1, 0.15) is 0 Å². The maximum atomic E-state index is 4.11. The molecule has 0 amide bonds. The van der Waals surface area contributed by atoms with E-state index in [9.17, 15) is 0 Å². The number of aliphatic imine (C=N–C) groups is 1. The minimum Gasteiger partial charge on any atom is -0.364 e. The topological polar surface area (TPSA) is 27.6 Å². The van der Waals surface area contributed by atoms with Gasteiger partial charge in [-0.3, -0.25) is 4.99 Å². The second-order valence-corrected chi connectivity index (χ2v) is 3.17. The molecule has 3 heteroatoms. The zero-order valence-corrected chi connectivity index (χ0v) is 8.89. The van der Waals surface area contributed by atoms with Gasteiger partial charge < -0.3 is 10.2 Å². The van der Waals surface area contributed by atoms with Crippen molar-refractivity contribution in [3.63, 3.8) is 0 Å². The molecule has 1 N–H and O–H groups in total. The Labute approximate surface area is 75.9 Å². The fourth-order valence-electron chi connectivity index (χ4n) is 0.864. The van der Waals surface area contributed by atoms with Crippen molar-refractivity contribution >= 4 is 5.84 Å². The first kappa shape index (κ1) is 11.4. The van der Waals surface area contributed by atoms with Crippen molar-refractivity contribution in [2.45, 2.75) is 26.3 Å². The molecule has 0 radical (unpaired) electrons. The van der Waals surface area contributed by atoms with Crippen LogP contribution >= 0.6 is 0 Å². The summed E-state index contributed by atoms with van der Waals surface area (Å²) in [4.78, 5) is 6.29. The molecule has 0 aliphatic heterocycles. The third kappa shape index (κ3) is 4.34. The number of nitrogens with zero attached hydrogens (tertiary/aromatic N) is 2. The molecular weight excluding hydrogens is 150 g/mol. The quantitative estimate of drug-likeness (QED) is 0.504. The summed E-state index contributed by atoms with van der Waals surface area (Å²) in [5, 5.41) is 3.21. The molecule has 12 heavy (non-hydrogen) atoms. The van der Waals surface area contributed by atoms with E-state index in [1.165, 1.54) is 0 Å². The maximum absolute atomic E-state index is 4.11. The molecule has 0 aliphatic carbocycles. The van der Waals surface area contributed by atoms with Crippen molar-refractivity contribution in [3.8, 4) is 0 Å². The van der Waals surface area contributed by atoms with Gasteiger partial charge >= 0.3 is 0 Å². The molecule has 0 aromatic carbocycles. The summed E-state index contributed by atoms with van der Waals surface area (Å²) in [6, 6.07) is 0.581. The number of hydrogen-bond acceptors (Lipinski definition) is 2. The predicted octanol–water partition coefficient (Wildman–Crippen LogP) is 0.964. The average Bonchev–Trinajstić information content (AvgIpc) is 2.11. The third-order valence-electron chi connectivity index (χ3n) is 2.27. The largest absolute Gasteiger partial charge is 0.364 e. The van der Waals surface area contributed by atoms with E-state index in [-0.39, 0.29) is 0 Å². The van der Waals surface area contributed by atoms with E-state index in [0.717, 1.165) is 18.8 Å². The zero-order valence-electron chi connectivity index (χ0n) is 8.89. The van der Waals surface area contributed by atoms with E-state index in [1.54, 1.807) is 0 Å². The van der Waals surface area contributed by atoms with Crippen molar-refractivity contribution in [3.05, 3.63) is 0 Å².